The first kappa shape index (κ1) is 30.6. The Morgan fingerprint density at radius 3 is 2.47 bits per heavy atom. The van der Waals surface area contributed by atoms with Gasteiger partial charge in [-0.2, -0.15) is 11.8 Å². The lowest BCUT2D eigenvalue weighted by molar-refractivity contribution is -0.122. The maximum absolute atomic E-state index is 14.0. The van der Waals surface area contributed by atoms with Gasteiger partial charge < -0.3 is 9.53 Å². The second-order valence-corrected chi connectivity index (χ2v) is 21.8. The van der Waals surface area contributed by atoms with E-state index in [0.29, 0.717) is 36.1 Å². The van der Waals surface area contributed by atoms with Gasteiger partial charge in [0.1, 0.15) is 5.78 Å². The van der Waals surface area contributed by atoms with Crippen LogP contribution in [0, 0.1) is 28.6 Å². The Hall–Kier alpha value is -0.363. The van der Waals surface area contributed by atoms with Crippen LogP contribution >= 0.6 is 11.8 Å². The molecule has 4 aliphatic carbocycles. The number of allylic oxidation sites excluding steroid dienone is 4. The monoisotopic (exact) mass is 560 g/mol. The van der Waals surface area contributed by atoms with Crippen LogP contribution in [-0.2, 0) is 9.22 Å². The van der Waals surface area contributed by atoms with Crippen molar-refractivity contribution in [2.24, 2.45) is 28.6 Å². The summed E-state index contributed by atoms with van der Waals surface area (Å²) >= 11 is 1.95. The number of rotatable bonds is 9. The van der Waals surface area contributed by atoms with Gasteiger partial charge in [-0.3, -0.25) is 4.79 Å². The van der Waals surface area contributed by atoms with Crippen molar-refractivity contribution in [3.8, 4) is 0 Å². The summed E-state index contributed by atoms with van der Waals surface area (Å²) in [6.45, 7) is 21.0. The third-order valence-corrected chi connectivity index (χ3v) is 17.3. The summed E-state index contributed by atoms with van der Waals surface area (Å²) in [5.41, 5.74) is 2.95. The molecule has 0 unspecified atom stereocenters. The minimum Gasteiger partial charge on any atom is -0.416 e. The van der Waals surface area contributed by atoms with E-state index in [1.807, 2.05) is 25.6 Å². The number of aliphatic hydroxyl groups is 1. The molecule has 1 N–H and O–H groups in total. The number of hydrogen-bond donors (Lipinski definition) is 1. The van der Waals surface area contributed by atoms with Crippen LogP contribution in [0.2, 0.25) is 18.1 Å². The van der Waals surface area contributed by atoms with Gasteiger partial charge in [-0.25, -0.2) is 0 Å². The lowest BCUT2D eigenvalue weighted by Gasteiger charge is -2.54. The summed E-state index contributed by atoms with van der Waals surface area (Å²) in [6.07, 6.45) is 15.0. The van der Waals surface area contributed by atoms with Gasteiger partial charge in [-0.05, 0) is 105 Å². The molecule has 6 atom stereocenters. The van der Waals surface area contributed by atoms with E-state index in [1.54, 1.807) is 11.1 Å². The van der Waals surface area contributed by atoms with E-state index >= 15 is 0 Å². The zero-order valence-electron chi connectivity index (χ0n) is 25.9. The normalized spacial score (nSPS) is 34.7. The zero-order chi connectivity index (χ0) is 28.1. The van der Waals surface area contributed by atoms with Gasteiger partial charge in [0.25, 0.3) is 0 Å². The molecule has 4 aliphatic rings. The second-order valence-electron chi connectivity index (χ2n) is 15.7. The number of hydrogen-bond acceptors (Lipinski definition) is 4. The second kappa shape index (κ2) is 10.8. The molecule has 0 bridgehead atoms. The molecular weight excluding hydrogens is 505 g/mol. The summed E-state index contributed by atoms with van der Waals surface area (Å²) in [6, 6.07) is 0. The molecule has 5 heteroatoms. The maximum Gasteiger partial charge on any atom is 0.192 e. The largest absolute Gasteiger partial charge is 0.416 e. The Bertz CT molecular complexity index is 954. The number of ketones is 1. The molecule has 38 heavy (non-hydrogen) atoms. The average Bonchev–Trinajstić information content (AvgIpc) is 3.07. The number of fused-ring (bicyclic) bond motifs is 5. The smallest absolute Gasteiger partial charge is 0.192 e. The SMILES string of the molecule is CC(C)(O)CCCS[C@@H](CO[Si](C)(C)C(C)(C)C)[C@H]1C(=O)C[C@H]2C3=CC=C4CCCC[C@]4(C)[C@H]3CC[C@]12C. The number of carbonyl (C=O) groups is 1. The Morgan fingerprint density at radius 2 is 1.82 bits per heavy atom. The minimum atomic E-state index is -1.93. The van der Waals surface area contributed by atoms with Crippen molar-refractivity contribution >= 4 is 25.9 Å². The van der Waals surface area contributed by atoms with Crippen LogP contribution in [0.5, 0.6) is 0 Å². The molecular formula is C33H56O3SSi. The van der Waals surface area contributed by atoms with Crippen molar-refractivity contribution in [1.82, 2.24) is 0 Å². The highest BCUT2D eigenvalue weighted by Gasteiger charge is 2.60. The van der Waals surface area contributed by atoms with Crippen LogP contribution in [0.4, 0.5) is 0 Å². The quantitative estimate of drug-likeness (QED) is 0.226. The van der Waals surface area contributed by atoms with Crippen LogP contribution in [0.25, 0.3) is 0 Å². The molecule has 0 amide bonds. The van der Waals surface area contributed by atoms with Crippen molar-refractivity contribution in [3.05, 3.63) is 23.3 Å². The number of Topliss-reactive ketones (excluding diaryl/α,β-unsaturated/α-hetero) is 1. The summed E-state index contributed by atoms with van der Waals surface area (Å²) in [4.78, 5) is 14.0. The first-order valence-corrected chi connectivity index (χ1v) is 19.4. The highest BCUT2D eigenvalue weighted by atomic mass is 32.2. The van der Waals surface area contributed by atoms with Crippen molar-refractivity contribution in [3.63, 3.8) is 0 Å². The maximum atomic E-state index is 14.0. The van der Waals surface area contributed by atoms with Crippen molar-refractivity contribution < 1.29 is 14.3 Å². The third-order valence-electron chi connectivity index (χ3n) is 11.5. The molecule has 0 radical (unpaired) electrons. The molecule has 3 nitrogen and oxygen atoms in total. The fraction of sp³-hybridized carbons (Fsp3) is 0.848. The predicted molar refractivity (Wildman–Crippen MR) is 165 cm³/mol. The Kier molecular flexibility index (Phi) is 8.69. The van der Waals surface area contributed by atoms with Crippen LogP contribution in [-0.4, -0.2) is 42.4 Å². The number of carbonyl (C=O) groups excluding carboxylic acids is 1. The Morgan fingerprint density at radius 1 is 1.11 bits per heavy atom. The molecule has 0 aromatic rings. The average molecular weight is 561 g/mol. The van der Waals surface area contributed by atoms with E-state index in [9.17, 15) is 9.90 Å². The summed E-state index contributed by atoms with van der Waals surface area (Å²) in [5, 5.41) is 10.6. The lowest BCUT2D eigenvalue weighted by Crippen LogP contribution is -2.48. The molecule has 0 saturated heterocycles. The van der Waals surface area contributed by atoms with Gasteiger partial charge >= 0.3 is 0 Å². The van der Waals surface area contributed by atoms with Crippen molar-refractivity contribution in [1.29, 1.82) is 0 Å². The summed E-state index contributed by atoms with van der Waals surface area (Å²) in [5.74, 6) is 2.49. The van der Waals surface area contributed by atoms with Gasteiger partial charge in [0.05, 0.1) is 5.60 Å². The van der Waals surface area contributed by atoms with Gasteiger partial charge in [0.15, 0.2) is 8.32 Å². The highest BCUT2D eigenvalue weighted by Crippen LogP contribution is 2.65. The Labute approximate surface area is 239 Å². The third kappa shape index (κ3) is 5.83. The molecule has 0 heterocycles. The van der Waals surface area contributed by atoms with E-state index in [1.165, 1.54) is 32.1 Å². The molecule has 0 aromatic carbocycles. The van der Waals surface area contributed by atoms with Crippen LogP contribution in [0.15, 0.2) is 23.3 Å². The fourth-order valence-electron chi connectivity index (χ4n) is 8.00. The summed E-state index contributed by atoms with van der Waals surface area (Å²) in [7, 11) is -1.93. The standard InChI is InChI=1S/C33H56O3SSi/c1-30(2,3)38(8,9)36-22-28(37-20-12-17-31(4,5)35)29-27(34)21-26-24-15-14-23-13-10-11-18-32(23,6)25(24)16-19-33(26,29)7/h14-15,25-26,28-29,35H,10-13,16-22H2,1-9H3/t25-,26-,28-,29+,32-,33-/m0/s1. The molecule has 3 fully saturated rings. The minimum absolute atomic E-state index is 0.0144. The Balaban J connectivity index is 1.59. The van der Waals surface area contributed by atoms with E-state index in [0.717, 1.165) is 25.0 Å². The van der Waals surface area contributed by atoms with Crippen LogP contribution < -0.4 is 0 Å². The predicted octanol–water partition coefficient (Wildman–Crippen LogP) is 8.73. The van der Waals surface area contributed by atoms with Crippen molar-refractivity contribution in [2.45, 2.75) is 135 Å². The molecule has 0 aromatic heterocycles. The fourth-order valence-corrected chi connectivity index (χ4v) is 10.6. The molecule has 0 spiro atoms. The van der Waals surface area contributed by atoms with Crippen LogP contribution in [0.1, 0.15) is 106 Å². The van der Waals surface area contributed by atoms with Crippen molar-refractivity contribution in [2.75, 3.05) is 12.4 Å². The van der Waals surface area contributed by atoms with Gasteiger partial charge in [-0.1, -0.05) is 64.3 Å². The molecule has 4 rings (SSSR count). The zero-order valence-corrected chi connectivity index (χ0v) is 27.7. The first-order chi connectivity index (χ1) is 17.5. The van der Waals surface area contributed by atoms with Gasteiger partial charge in [-0.15, -0.1) is 0 Å². The lowest BCUT2D eigenvalue weighted by atomic mass is 9.50. The topological polar surface area (TPSA) is 46.5 Å². The molecule has 3 saturated carbocycles. The molecule has 0 aliphatic heterocycles. The van der Waals surface area contributed by atoms with Gasteiger partial charge in [0.2, 0.25) is 0 Å². The number of thioether (sulfide) groups is 1. The summed E-state index contributed by atoms with van der Waals surface area (Å²) < 4.78 is 6.83. The highest BCUT2D eigenvalue weighted by molar-refractivity contribution is 7.99. The molecule has 216 valence electrons. The van der Waals surface area contributed by atoms with Gasteiger partial charge in [0, 0.05) is 24.2 Å². The van der Waals surface area contributed by atoms with E-state index in [-0.39, 0.29) is 21.6 Å². The van der Waals surface area contributed by atoms with E-state index in [2.05, 4.69) is 59.9 Å². The first-order valence-electron chi connectivity index (χ1n) is 15.4. The van der Waals surface area contributed by atoms with Crippen LogP contribution in [0.3, 0.4) is 0 Å². The van der Waals surface area contributed by atoms with E-state index in [4.69, 9.17) is 4.43 Å². The van der Waals surface area contributed by atoms with E-state index < -0.39 is 13.9 Å².